The molecule has 1 heterocycles. The normalized spacial score (nSPS) is 12.6. The van der Waals surface area contributed by atoms with Crippen LogP contribution >= 0.6 is 11.8 Å². The molecule has 7 heteroatoms. The summed E-state index contributed by atoms with van der Waals surface area (Å²) in [6.45, 7) is 5.16. The van der Waals surface area contributed by atoms with Gasteiger partial charge in [-0.3, -0.25) is 4.98 Å². The van der Waals surface area contributed by atoms with Gasteiger partial charge in [-0.1, -0.05) is 18.2 Å². The molecule has 1 unspecified atom stereocenters. The molecule has 128 valence electrons. The van der Waals surface area contributed by atoms with Gasteiger partial charge in [0.1, 0.15) is 11.6 Å². The number of ether oxygens (including phenoxy) is 1. The summed E-state index contributed by atoms with van der Waals surface area (Å²) >= 11 is 1.33. The van der Waals surface area contributed by atoms with E-state index in [0.717, 1.165) is 15.8 Å². The second-order valence-corrected chi connectivity index (χ2v) is 7.24. The molecule has 0 radical (unpaired) electrons. The van der Waals surface area contributed by atoms with Gasteiger partial charge in [-0.25, -0.2) is 9.59 Å². The van der Waals surface area contributed by atoms with Crippen LogP contribution in [0.2, 0.25) is 0 Å². The Bertz CT molecular complexity index is 737. The number of alkyl carbamates (subject to hydrolysis) is 1. The maximum atomic E-state index is 11.8. The van der Waals surface area contributed by atoms with Crippen molar-refractivity contribution in [2.45, 2.75) is 37.3 Å². The van der Waals surface area contributed by atoms with Gasteiger partial charge in [0.15, 0.2) is 0 Å². The second kappa shape index (κ2) is 7.53. The fourth-order valence-corrected chi connectivity index (χ4v) is 3.04. The number of hydrogen-bond donors (Lipinski definition) is 2. The smallest absolute Gasteiger partial charge is 0.408 e. The van der Waals surface area contributed by atoms with Gasteiger partial charge in [0.25, 0.3) is 0 Å². The van der Waals surface area contributed by atoms with Crippen LogP contribution < -0.4 is 5.32 Å². The number of carbonyl (C=O) groups is 2. The summed E-state index contributed by atoms with van der Waals surface area (Å²) in [6, 6.07) is 8.46. The van der Waals surface area contributed by atoms with Crippen molar-refractivity contribution < 1.29 is 19.4 Å². The van der Waals surface area contributed by atoms with Crippen LogP contribution in [-0.4, -0.2) is 39.5 Å². The summed E-state index contributed by atoms with van der Waals surface area (Å²) < 4.78 is 5.11. The number of rotatable bonds is 5. The monoisotopic (exact) mass is 348 g/mol. The van der Waals surface area contributed by atoms with E-state index in [2.05, 4.69) is 10.3 Å². The minimum Gasteiger partial charge on any atom is -0.480 e. The lowest BCUT2D eigenvalue weighted by molar-refractivity contribution is -0.138. The van der Waals surface area contributed by atoms with Crippen molar-refractivity contribution in [3.63, 3.8) is 0 Å². The van der Waals surface area contributed by atoms with Gasteiger partial charge in [0.2, 0.25) is 0 Å². The van der Waals surface area contributed by atoms with Gasteiger partial charge in [0.05, 0.1) is 5.52 Å². The van der Waals surface area contributed by atoms with Crippen LogP contribution in [-0.2, 0) is 9.53 Å². The molecule has 0 saturated carbocycles. The highest BCUT2D eigenvalue weighted by atomic mass is 32.2. The first kappa shape index (κ1) is 18.1. The van der Waals surface area contributed by atoms with Gasteiger partial charge in [-0.05, 0) is 32.9 Å². The molecule has 1 aromatic carbocycles. The van der Waals surface area contributed by atoms with E-state index in [9.17, 15) is 14.7 Å². The first-order valence-electron chi connectivity index (χ1n) is 7.45. The van der Waals surface area contributed by atoms with E-state index in [4.69, 9.17) is 4.74 Å². The Balaban J connectivity index is 2.06. The Morgan fingerprint density at radius 1 is 1.29 bits per heavy atom. The highest BCUT2D eigenvalue weighted by Crippen LogP contribution is 2.26. The highest BCUT2D eigenvalue weighted by Gasteiger charge is 2.24. The third kappa shape index (κ3) is 5.13. The van der Waals surface area contributed by atoms with Crippen LogP contribution in [0.3, 0.4) is 0 Å². The van der Waals surface area contributed by atoms with E-state index < -0.39 is 23.7 Å². The molecule has 0 bridgehead atoms. The number of carboxylic acids is 1. The SMILES string of the molecule is CC(C)(C)OC(=O)NC(CSc1cccc2cccnc12)C(=O)O. The van der Waals surface area contributed by atoms with Crippen molar-refractivity contribution in [2.24, 2.45) is 0 Å². The molecule has 1 amide bonds. The number of amides is 1. The number of benzene rings is 1. The van der Waals surface area contributed by atoms with Crippen molar-refractivity contribution in [1.29, 1.82) is 0 Å². The number of carboxylic acid groups (broad SMARTS) is 1. The molecule has 0 fully saturated rings. The summed E-state index contributed by atoms with van der Waals surface area (Å²) in [4.78, 5) is 28.4. The van der Waals surface area contributed by atoms with Gasteiger partial charge in [0, 0.05) is 22.2 Å². The molecule has 6 nitrogen and oxygen atoms in total. The lowest BCUT2D eigenvalue weighted by Gasteiger charge is -2.22. The molecule has 2 aromatic rings. The molecule has 2 rings (SSSR count). The maximum absolute atomic E-state index is 11.8. The summed E-state index contributed by atoms with van der Waals surface area (Å²) in [6.07, 6.45) is 0.951. The zero-order valence-corrected chi connectivity index (χ0v) is 14.6. The topological polar surface area (TPSA) is 88.5 Å². The highest BCUT2D eigenvalue weighted by molar-refractivity contribution is 7.99. The molecule has 1 atom stereocenters. The number of fused-ring (bicyclic) bond motifs is 1. The van der Waals surface area contributed by atoms with Crippen LogP contribution in [0.1, 0.15) is 20.8 Å². The number of carbonyl (C=O) groups excluding carboxylic acids is 1. The number of nitrogens with zero attached hydrogens (tertiary/aromatic N) is 1. The lowest BCUT2D eigenvalue weighted by atomic mass is 10.2. The van der Waals surface area contributed by atoms with E-state index in [1.165, 1.54) is 11.8 Å². The average Bonchev–Trinajstić information content (AvgIpc) is 2.49. The number of pyridine rings is 1. The Labute approximate surface area is 144 Å². The third-order valence-electron chi connectivity index (χ3n) is 2.99. The van der Waals surface area contributed by atoms with Crippen LogP contribution in [0.5, 0.6) is 0 Å². The zero-order valence-electron chi connectivity index (χ0n) is 13.8. The molecule has 0 aliphatic heterocycles. The van der Waals surface area contributed by atoms with Gasteiger partial charge in [-0.2, -0.15) is 0 Å². The Morgan fingerprint density at radius 2 is 2.00 bits per heavy atom. The molecule has 0 spiro atoms. The van der Waals surface area contributed by atoms with Crippen LogP contribution in [0.25, 0.3) is 10.9 Å². The van der Waals surface area contributed by atoms with Crippen molar-refractivity contribution in [2.75, 3.05) is 5.75 Å². The van der Waals surface area contributed by atoms with E-state index in [0.29, 0.717) is 0 Å². The van der Waals surface area contributed by atoms with Gasteiger partial charge >= 0.3 is 12.1 Å². The summed E-state index contributed by atoms with van der Waals surface area (Å²) in [5, 5.41) is 12.7. The number of hydrogen-bond acceptors (Lipinski definition) is 5. The number of thioether (sulfide) groups is 1. The van der Waals surface area contributed by atoms with E-state index in [1.807, 2.05) is 30.3 Å². The molecular formula is C17H20N2O4S. The van der Waals surface area contributed by atoms with Crippen LogP contribution in [0.15, 0.2) is 41.4 Å². The molecule has 2 N–H and O–H groups in total. The van der Waals surface area contributed by atoms with Gasteiger partial charge in [-0.15, -0.1) is 11.8 Å². The first-order valence-corrected chi connectivity index (χ1v) is 8.44. The third-order valence-corrected chi connectivity index (χ3v) is 4.13. The standard InChI is InChI=1S/C17H20N2O4S/c1-17(2,3)23-16(22)19-12(15(20)21)10-24-13-8-4-6-11-7-5-9-18-14(11)13/h4-9,12H,10H2,1-3H3,(H,19,22)(H,20,21). The van der Waals surface area contributed by atoms with E-state index in [1.54, 1.807) is 27.0 Å². The van der Waals surface area contributed by atoms with Crippen molar-refractivity contribution in [3.05, 3.63) is 36.5 Å². The molecular weight excluding hydrogens is 328 g/mol. The van der Waals surface area contributed by atoms with Crippen molar-refractivity contribution in [1.82, 2.24) is 10.3 Å². The van der Waals surface area contributed by atoms with Crippen molar-refractivity contribution in [3.8, 4) is 0 Å². The molecule has 24 heavy (non-hydrogen) atoms. The van der Waals surface area contributed by atoms with E-state index in [-0.39, 0.29) is 5.75 Å². The Kier molecular flexibility index (Phi) is 5.66. The molecule has 0 aliphatic rings. The van der Waals surface area contributed by atoms with E-state index >= 15 is 0 Å². The lowest BCUT2D eigenvalue weighted by Crippen LogP contribution is -2.44. The number of nitrogens with one attached hydrogen (secondary N) is 1. The summed E-state index contributed by atoms with van der Waals surface area (Å²) in [5.74, 6) is -0.939. The Hall–Kier alpha value is -2.28. The largest absolute Gasteiger partial charge is 0.480 e. The minimum atomic E-state index is -1.11. The number of para-hydroxylation sites is 1. The molecule has 1 aromatic heterocycles. The molecule has 0 saturated heterocycles. The maximum Gasteiger partial charge on any atom is 0.408 e. The predicted molar refractivity (Wildman–Crippen MR) is 93.3 cm³/mol. The van der Waals surface area contributed by atoms with Crippen LogP contribution in [0.4, 0.5) is 4.79 Å². The minimum absolute atomic E-state index is 0.171. The van der Waals surface area contributed by atoms with Crippen molar-refractivity contribution >= 4 is 34.7 Å². The molecule has 0 aliphatic carbocycles. The second-order valence-electron chi connectivity index (χ2n) is 6.18. The quantitative estimate of drug-likeness (QED) is 0.806. The predicted octanol–water partition coefficient (Wildman–Crippen LogP) is 3.30. The van der Waals surface area contributed by atoms with Crippen LogP contribution in [0, 0.1) is 0 Å². The Morgan fingerprint density at radius 3 is 2.67 bits per heavy atom. The number of aliphatic carboxylic acids is 1. The summed E-state index contributed by atoms with van der Waals surface area (Å²) in [7, 11) is 0. The average molecular weight is 348 g/mol. The fraction of sp³-hybridized carbons (Fsp3) is 0.353. The number of aromatic nitrogens is 1. The zero-order chi connectivity index (χ0) is 17.7. The summed E-state index contributed by atoms with van der Waals surface area (Å²) in [5.41, 5.74) is 0.131. The fourth-order valence-electron chi connectivity index (χ4n) is 1.99. The van der Waals surface area contributed by atoms with Gasteiger partial charge < -0.3 is 15.2 Å². The first-order chi connectivity index (χ1) is 11.3.